The second kappa shape index (κ2) is 7.93. The van der Waals surface area contributed by atoms with Gasteiger partial charge in [0.1, 0.15) is 24.6 Å². The van der Waals surface area contributed by atoms with Gasteiger partial charge in [0.15, 0.2) is 0 Å². The van der Waals surface area contributed by atoms with E-state index >= 15 is 0 Å². The first kappa shape index (κ1) is 18.4. The molecule has 3 amide bonds. The van der Waals surface area contributed by atoms with Crippen molar-refractivity contribution < 1.29 is 19.1 Å². The van der Waals surface area contributed by atoms with E-state index in [1.807, 2.05) is 30.3 Å². The number of hydrogen-bond acceptors (Lipinski definition) is 5. The number of carbonyl (C=O) groups is 3. The molecule has 1 N–H and O–H groups in total. The number of hydrogen-bond donors (Lipinski definition) is 1. The van der Waals surface area contributed by atoms with Crippen LogP contribution < -0.4 is 10.1 Å². The Balaban J connectivity index is 1.33. The van der Waals surface area contributed by atoms with Crippen LogP contribution in [0.1, 0.15) is 26.4 Å². The minimum atomic E-state index is -0.564. The zero-order valence-electron chi connectivity index (χ0n) is 15.4. The Morgan fingerprint density at radius 1 is 0.931 bits per heavy atom. The summed E-state index contributed by atoms with van der Waals surface area (Å²) in [5.74, 6) is -0.890. The topological polar surface area (TPSA) is 88.6 Å². The number of anilines is 1. The summed E-state index contributed by atoms with van der Waals surface area (Å²) in [7, 11) is 0. The van der Waals surface area contributed by atoms with Crippen LogP contribution in [0.4, 0.5) is 5.69 Å². The molecule has 0 aliphatic carbocycles. The molecule has 7 heteroatoms. The zero-order chi connectivity index (χ0) is 20.2. The molecule has 0 saturated carbocycles. The fourth-order valence-corrected chi connectivity index (χ4v) is 2.98. The largest absolute Gasteiger partial charge is 0.489 e. The highest BCUT2D eigenvalue weighted by atomic mass is 16.5. The third-order valence-electron chi connectivity index (χ3n) is 4.42. The van der Waals surface area contributed by atoms with Crippen molar-refractivity contribution in [1.82, 2.24) is 9.88 Å². The molecule has 29 heavy (non-hydrogen) atoms. The molecular weight excluding hydrogens is 370 g/mol. The van der Waals surface area contributed by atoms with Crippen molar-refractivity contribution >= 4 is 23.4 Å². The van der Waals surface area contributed by atoms with Crippen molar-refractivity contribution in [1.29, 1.82) is 0 Å². The molecule has 4 rings (SSSR count). The van der Waals surface area contributed by atoms with Gasteiger partial charge in [-0.05, 0) is 42.0 Å². The number of imide groups is 1. The summed E-state index contributed by atoms with van der Waals surface area (Å²) in [5.41, 5.74) is 1.88. The minimum absolute atomic E-state index is 0.0743. The lowest BCUT2D eigenvalue weighted by atomic mass is 10.2. The molecule has 2 heterocycles. The molecule has 144 valence electrons. The van der Waals surface area contributed by atoms with Crippen LogP contribution in [0.25, 0.3) is 0 Å². The van der Waals surface area contributed by atoms with Crippen LogP contribution in [-0.4, -0.2) is 34.2 Å². The van der Waals surface area contributed by atoms with Gasteiger partial charge in [-0.15, -0.1) is 0 Å². The van der Waals surface area contributed by atoms with Gasteiger partial charge in [0.05, 0.1) is 5.56 Å². The molecule has 0 atom stereocenters. The number of aromatic nitrogens is 1. The Hall–Kier alpha value is -4.00. The second-order valence-corrected chi connectivity index (χ2v) is 6.44. The highest BCUT2D eigenvalue weighted by Gasteiger charge is 2.37. The molecule has 3 aromatic rings. The summed E-state index contributed by atoms with van der Waals surface area (Å²) in [4.78, 5) is 41.7. The van der Waals surface area contributed by atoms with E-state index in [4.69, 9.17) is 4.74 Å². The van der Waals surface area contributed by atoms with Crippen LogP contribution >= 0.6 is 0 Å². The number of amides is 3. The summed E-state index contributed by atoms with van der Waals surface area (Å²) in [5, 5.41) is 2.68. The maximum absolute atomic E-state index is 12.3. The SMILES string of the molecule is O=C(CN1C(=O)c2cccnc2C1=O)Nc1ccc(OCc2ccccc2)cc1. The molecule has 1 aliphatic rings. The van der Waals surface area contributed by atoms with E-state index in [0.717, 1.165) is 10.5 Å². The van der Waals surface area contributed by atoms with Gasteiger partial charge in [-0.3, -0.25) is 24.3 Å². The number of pyridine rings is 1. The number of benzene rings is 2. The first-order chi connectivity index (χ1) is 14.1. The molecule has 7 nitrogen and oxygen atoms in total. The fraction of sp³-hybridized carbons (Fsp3) is 0.0909. The van der Waals surface area contributed by atoms with Crippen LogP contribution in [0.3, 0.4) is 0 Å². The first-order valence-corrected chi connectivity index (χ1v) is 8.99. The summed E-state index contributed by atoms with van der Waals surface area (Å²) in [6.07, 6.45) is 1.44. The molecule has 1 aromatic heterocycles. The number of nitrogens with zero attached hydrogens (tertiary/aromatic N) is 2. The van der Waals surface area contributed by atoms with E-state index in [1.165, 1.54) is 12.3 Å². The molecular formula is C22H17N3O4. The molecule has 1 aliphatic heterocycles. The summed E-state index contributed by atoms with van der Waals surface area (Å²) in [6, 6.07) is 19.8. The minimum Gasteiger partial charge on any atom is -0.489 e. The van der Waals surface area contributed by atoms with Crippen LogP contribution in [-0.2, 0) is 11.4 Å². The smallest absolute Gasteiger partial charge is 0.280 e. The Morgan fingerprint density at radius 2 is 1.69 bits per heavy atom. The third kappa shape index (κ3) is 3.98. The lowest BCUT2D eigenvalue weighted by Crippen LogP contribution is -2.37. The van der Waals surface area contributed by atoms with Gasteiger partial charge < -0.3 is 10.1 Å². The maximum atomic E-state index is 12.3. The normalized spacial score (nSPS) is 12.6. The van der Waals surface area contributed by atoms with Crippen molar-refractivity contribution in [2.45, 2.75) is 6.61 Å². The Bertz CT molecular complexity index is 1030. The van der Waals surface area contributed by atoms with E-state index in [-0.39, 0.29) is 17.8 Å². The molecule has 0 bridgehead atoms. The van der Waals surface area contributed by atoms with Gasteiger partial charge in [-0.25, -0.2) is 0 Å². The van der Waals surface area contributed by atoms with Crippen molar-refractivity contribution in [2.75, 3.05) is 11.9 Å². The monoisotopic (exact) mass is 387 g/mol. The lowest BCUT2D eigenvalue weighted by molar-refractivity contribution is -0.116. The number of fused-ring (bicyclic) bond motifs is 1. The Labute approximate surface area is 166 Å². The van der Waals surface area contributed by atoms with Crippen molar-refractivity contribution in [3.8, 4) is 5.75 Å². The van der Waals surface area contributed by atoms with E-state index in [2.05, 4.69) is 10.3 Å². The molecule has 0 radical (unpaired) electrons. The highest BCUT2D eigenvalue weighted by molar-refractivity contribution is 6.21. The van der Waals surface area contributed by atoms with Gasteiger partial charge in [0.25, 0.3) is 11.8 Å². The Morgan fingerprint density at radius 3 is 2.41 bits per heavy atom. The van der Waals surface area contributed by atoms with Crippen molar-refractivity contribution in [2.24, 2.45) is 0 Å². The molecule has 2 aromatic carbocycles. The number of rotatable bonds is 6. The molecule has 0 spiro atoms. The first-order valence-electron chi connectivity index (χ1n) is 8.99. The second-order valence-electron chi connectivity index (χ2n) is 6.44. The van der Waals surface area contributed by atoms with Gasteiger partial charge in [0, 0.05) is 11.9 Å². The summed E-state index contributed by atoms with van der Waals surface area (Å²) < 4.78 is 5.71. The third-order valence-corrected chi connectivity index (χ3v) is 4.42. The number of ether oxygens (including phenoxy) is 1. The van der Waals surface area contributed by atoms with E-state index in [1.54, 1.807) is 30.3 Å². The van der Waals surface area contributed by atoms with Gasteiger partial charge in [-0.2, -0.15) is 0 Å². The van der Waals surface area contributed by atoms with Gasteiger partial charge >= 0.3 is 0 Å². The fourth-order valence-electron chi connectivity index (χ4n) is 2.98. The van der Waals surface area contributed by atoms with Crippen LogP contribution in [0.15, 0.2) is 72.9 Å². The maximum Gasteiger partial charge on any atom is 0.280 e. The van der Waals surface area contributed by atoms with Crippen LogP contribution in [0.5, 0.6) is 5.75 Å². The van der Waals surface area contributed by atoms with Crippen LogP contribution in [0.2, 0.25) is 0 Å². The van der Waals surface area contributed by atoms with Crippen molar-refractivity contribution in [3.63, 3.8) is 0 Å². The molecule has 0 saturated heterocycles. The lowest BCUT2D eigenvalue weighted by Gasteiger charge is -2.13. The van der Waals surface area contributed by atoms with Crippen molar-refractivity contribution in [3.05, 3.63) is 89.7 Å². The predicted molar refractivity (Wildman–Crippen MR) is 105 cm³/mol. The Kier molecular flexibility index (Phi) is 5.03. The predicted octanol–water partition coefficient (Wildman–Crippen LogP) is 2.90. The average Bonchev–Trinajstić information content (AvgIpc) is 2.99. The molecule has 0 unspecified atom stereocenters. The number of nitrogens with one attached hydrogen (secondary N) is 1. The van der Waals surface area contributed by atoms with Gasteiger partial charge in [-0.1, -0.05) is 30.3 Å². The summed E-state index contributed by atoms with van der Waals surface area (Å²) in [6.45, 7) is 0.0700. The quantitative estimate of drug-likeness (QED) is 0.657. The standard InChI is InChI=1S/C22H17N3O4/c26-19(13-25-21(27)18-7-4-12-23-20(18)22(25)28)24-16-8-10-17(11-9-16)29-14-15-5-2-1-3-6-15/h1-12H,13-14H2,(H,24,26). The van der Waals surface area contributed by atoms with Crippen LogP contribution in [0, 0.1) is 0 Å². The van der Waals surface area contributed by atoms with E-state index in [9.17, 15) is 14.4 Å². The molecule has 0 fully saturated rings. The van der Waals surface area contributed by atoms with Gasteiger partial charge in [0.2, 0.25) is 5.91 Å². The van der Waals surface area contributed by atoms with E-state index in [0.29, 0.717) is 18.0 Å². The average molecular weight is 387 g/mol. The number of carbonyl (C=O) groups excluding carboxylic acids is 3. The van der Waals surface area contributed by atoms with E-state index < -0.39 is 17.7 Å². The summed E-state index contributed by atoms with van der Waals surface area (Å²) >= 11 is 0. The zero-order valence-corrected chi connectivity index (χ0v) is 15.4. The highest BCUT2D eigenvalue weighted by Crippen LogP contribution is 2.21.